The highest BCUT2D eigenvalue weighted by Gasteiger charge is 2.30. The Hall–Kier alpha value is -4.06. The molecule has 3 aromatic rings. The summed E-state index contributed by atoms with van der Waals surface area (Å²) in [6.45, 7) is 0.310. The highest BCUT2D eigenvalue weighted by atomic mass is 32.2. The number of rotatable bonds is 9. The van der Waals surface area contributed by atoms with Gasteiger partial charge in [0.15, 0.2) is 0 Å². The predicted molar refractivity (Wildman–Crippen MR) is 134 cm³/mol. The standard InChI is InChI=1S/C25H25F3N4O4S/c1-17-7-13-21(14-8-17)37(35,36)32-20-11-9-19(10-12-20)30-24(34)31-22(15-18-5-3-2-4-6-18)23(33)29-16-25(26,27)28/h2-14,22,32H,15-16H2,1H3,(H,29,33)(H2,30,31,34)/t22-/m1/s1. The lowest BCUT2D eigenvalue weighted by molar-refractivity contribution is -0.139. The Morgan fingerprint density at radius 2 is 1.46 bits per heavy atom. The van der Waals surface area contributed by atoms with Crippen LogP contribution in [0.3, 0.4) is 0 Å². The van der Waals surface area contributed by atoms with E-state index in [1.165, 1.54) is 36.4 Å². The molecule has 37 heavy (non-hydrogen) atoms. The summed E-state index contributed by atoms with van der Waals surface area (Å²) in [5.74, 6) is -0.989. The third-order valence-corrected chi connectivity index (χ3v) is 6.49. The summed E-state index contributed by atoms with van der Waals surface area (Å²) in [5, 5.41) is 6.66. The second kappa shape index (κ2) is 11.8. The van der Waals surface area contributed by atoms with Gasteiger partial charge in [0, 0.05) is 17.8 Å². The van der Waals surface area contributed by atoms with Gasteiger partial charge >= 0.3 is 12.2 Å². The fourth-order valence-electron chi connectivity index (χ4n) is 3.25. The third kappa shape index (κ3) is 8.83. The molecule has 0 unspecified atom stereocenters. The van der Waals surface area contributed by atoms with Crippen LogP contribution < -0.4 is 20.7 Å². The molecular weight excluding hydrogens is 509 g/mol. The highest BCUT2D eigenvalue weighted by molar-refractivity contribution is 7.92. The first-order chi connectivity index (χ1) is 17.4. The Morgan fingerprint density at radius 3 is 2.05 bits per heavy atom. The third-order valence-electron chi connectivity index (χ3n) is 5.09. The van der Waals surface area contributed by atoms with Gasteiger partial charge in [-0.1, -0.05) is 48.0 Å². The molecule has 0 saturated carbocycles. The summed E-state index contributed by atoms with van der Waals surface area (Å²) in [6.07, 6.45) is -4.63. The Kier molecular flexibility index (Phi) is 8.77. The molecule has 0 aliphatic carbocycles. The fraction of sp³-hybridized carbons (Fsp3) is 0.200. The van der Waals surface area contributed by atoms with E-state index in [2.05, 4.69) is 15.4 Å². The molecule has 0 aliphatic heterocycles. The van der Waals surface area contributed by atoms with Gasteiger partial charge < -0.3 is 16.0 Å². The number of hydrogen-bond acceptors (Lipinski definition) is 4. The van der Waals surface area contributed by atoms with Gasteiger partial charge in [0.25, 0.3) is 10.0 Å². The molecular formula is C25H25F3N4O4S. The summed E-state index contributed by atoms with van der Waals surface area (Å²) in [6, 6.07) is 18.5. The monoisotopic (exact) mass is 534 g/mol. The van der Waals surface area contributed by atoms with Gasteiger partial charge in [-0.3, -0.25) is 9.52 Å². The first-order valence-electron chi connectivity index (χ1n) is 11.1. The van der Waals surface area contributed by atoms with E-state index in [1.54, 1.807) is 47.8 Å². The molecule has 8 nitrogen and oxygen atoms in total. The molecule has 12 heteroatoms. The van der Waals surface area contributed by atoms with E-state index >= 15 is 0 Å². The predicted octanol–water partition coefficient (Wildman–Crippen LogP) is 4.21. The van der Waals surface area contributed by atoms with Crippen molar-refractivity contribution in [3.05, 3.63) is 90.0 Å². The normalized spacial score (nSPS) is 12.3. The van der Waals surface area contributed by atoms with Crippen molar-refractivity contribution >= 4 is 33.3 Å². The van der Waals surface area contributed by atoms with Gasteiger partial charge in [-0.05, 0) is 48.9 Å². The van der Waals surface area contributed by atoms with Crippen molar-refractivity contribution in [2.75, 3.05) is 16.6 Å². The average Bonchev–Trinajstić information content (AvgIpc) is 2.83. The van der Waals surface area contributed by atoms with Crippen molar-refractivity contribution < 1.29 is 31.2 Å². The van der Waals surface area contributed by atoms with Crippen LogP contribution in [0.15, 0.2) is 83.8 Å². The molecule has 4 N–H and O–H groups in total. The molecule has 3 rings (SSSR count). The van der Waals surface area contributed by atoms with Crippen LogP contribution in [0, 0.1) is 6.92 Å². The van der Waals surface area contributed by atoms with E-state index < -0.39 is 40.7 Å². The molecule has 0 heterocycles. The number of aryl methyl sites for hydroxylation is 1. The fourth-order valence-corrected chi connectivity index (χ4v) is 4.31. The van der Waals surface area contributed by atoms with Crippen LogP contribution in [0.5, 0.6) is 0 Å². The van der Waals surface area contributed by atoms with E-state index in [1.807, 2.05) is 6.92 Å². The molecule has 0 bridgehead atoms. The number of halogens is 3. The van der Waals surface area contributed by atoms with Crippen LogP contribution in [0.25, 0.3) is 0 Å². The summed E-state index contributed by atoms with van der Waals surface area (Å²) in [7, 11) is -3.81. The number of amides is 3. The lowest BCUT2D eigenvalue weighted by Crippen LogP contribution is -2.50. The maximum atomic E-state index is 12.5. The smallest absolute Gasteiger partial charge is 0.345 e. The number of benzene rings is 3. The SMILES string of the molecule is Cc1ccc(S(=O)(=O)Nc2ccc(NC(=O)N[C@H](Cc3ccccc3)C(=O)NCC(F)(F)F)cc2)cc1. The first-order valence-corrected chi connectivity index (χ1v) is 12.5. The van der Waals surface area contributed by atoms with Gasteiger partial charge in [0.1, 0.15) is 12.6 Å². The molecule has 1 atom stereocenters. The molecule has 196 valence electrons. The van der Waals surface area contributed by atoms with E-state index in [0.717, 1.165) is 5.56 Å². The van der Waals surface area contributed by atoms with Crippen molar-refractivity contribution in [1.82, 2.24) is 10.6 Å². The zero-order valence-electron chi connectivity index (χ0n) is 19.7. The molecule has 3 aromatic carbocycles. The van der Waals surface area contributed by atoms with E-state index in [0.29, 0.717) is 5.56 Å². The number of alkyl halides is 3. The van der Waals surface area contributed by atoms with Crippen LogP contribution in [-0.4, -0.2) is 39.1 Å². The minimum Gasteiger partial charge on any atom is -0.345 e. The van der Waals surface area contributed by atoms with Crippen molar-refractivity contribution in [1.29, 1.82) is 0 Å². The summed E-state index contributed by atoms with van der Waals surface area (Å²) in [5.41, 5.74) is 2.07. The molecule has 0 fully saturated rings. The molecule has 0 aromatic heterocycles. The van der Waals surface area contributed by atoms with Gasteiger partial charge in [-0.25, -0.2) is 13.2 Å². The van der Waals surface area contributed by atoms with Crippen LogP contribution in [-0.2, 0) is 21.2 Å². The van der Waals surface area contributed by atoms with E-state index in [9.17, 15) is 31.2 Å². The number of nitrogens with one attached hydrogen (secondary N) is 4. The van der Waals surface area contributed by atoms with Crippen molar-refractivity contribution in [2.24, 2.45) is 0 Å². The van der Waals surface area contributed by atoms with Gasteiger partial charge in [-0.15, -0.1) is 0 Å². The van der Waals surface area contributed by atoms with Crippen LogP contribution in [0.1, 0.15) is 11.1 Å². The van der Waals surface area contributed by atoms with E-state index in [-0.39, 0.29) is 22.7 Å². The lowest BCUT2D eigenvalue weighted by atomic mass is 10.1. The molecule has 0 saturated heterocycles. The zero-order valence-corrected chi connectivity index (χ0v) is 20.5. The Morgan fingerprint density at radius 1 is 0.865 bits per heavy atom. The number of urea groups is 1. The number of anilines is 2. The number of hydrogen-bond donors (Lipinski definition) is 4. The van der Waals surface area contributed by atoms with Crippen LogP contribution in [0.2, 0.25) is 0 Å². The van der Waals surface area contributed by atoms with Gasteiger partial charge in [0.2, 0.25) is 5.91 Å². The van der Waals surface area contributed by atoms with E-state index in [4.69, 9.17) is 0 Å². The number of carbonyl (C=O) groups excluding carboxylic acids is 2. The Balaban J connectivity index is 1.63. The maximum absolute atomic E-state index is 12.5. The van der Waals surface area contributed by atoms with Crippen molar-refractivity contribution in [2.45, 2.75) is 30.5 Å². The zero-order chi connectivity index (χ0) is 27.1. The van der Waals surface area contributed by atoms with Crippen molar-refractivity contribution in [3.8, 4) is 0 Å². The summed E-state index contributed by atoms with van der Waals surface area (Å²) >= 11 is 0. The van der Waals surface area contributed by atoms with Gasteiger partial charge in [-0.2, -0.15) is 13.2 Å². The Labute approximate surface area is 212 Å². The lowest BCUT2D eigenvalue weighted by Gasteiger charge is -2.19. The number of carbonyl (C=O) groups is 2. The second-order valence-electron chi connectivity index (χ2n) is 8.17. The quantitative estimate of drug-likeness (QED) is 0.329. The van der Waals surface area contributed by atoms with Gasteiger partial charge in [0.05, 0.1) is 4.90 Å². The minimum atomic E-state index is -4.60. The largest absolute Gasteiger partial charge is 0.405 e. The highest BCUT2D eigenvalue weighted by Crippen LogP contribution is 2.19. The summed E-state index contributed by atoms with van der Waals surface area (Å²) in [4.78, 5) is 25.0. The molecule has 0 radical (unpaired) electrons. The first kappa shape index (κ1) is 27.5. The molecule has 3 amide bonds. The topological polar surface area (TPSA) is 116 Å². The van der Waals surface area contributed by atoms with Crippen LogP contribution in [0.4, 0.5) is 29.3 Å². The maximum Gasteiger partial charge on any atom is 0.405 e. The molecule has 0 aliphatic rings. The average molecular weight is 535 g/mol. The second-order valence-corrected chi connectivity index (χ2v) is 9.85. The molecule has 0 spiro atoms. The van der Waals surface area contributed by atoms with Crippen molar-refractivity contribution in [3.63, 3.8) is 0 Å². The van der Waals surface area contributed by atoms with Crippen LogP contribution >= 0.6 is 0 Å². The number of sulfonamides is 1. The summed E-state index contributed by atoms with van der Waals surface area (Å²) < 4.78 is 65.1. The Bertz CT molecular complexity index is 1310. The minimum absolute atomic E-state index is 0.0301.